The second-order valence-electron chi connectivity index (χ2n) is 5.42. The van der Waals surface area contributed by atoms with Gasteiger partial charge in [-0.1, -0.05) is 38.1 Å². The Morgan fingerprint density at radius 1 is 1.26 bits per heavy atom. The van der Waals surface area contributed by atoms with Crippen LogP contribution in [0.1, 0.15) is 30.8 Å². The molecule has 0 aliphatic heterocycles. The van der Waals surface area contributed by atoms with Crippen LogP contribution in [0.4, 0.5) is 0 Å². The van der Waals surface area contributed by atoms with Crippen molar-refractivity contribution in [1.82, 2.24) is 14.9 Å². The first-order chi connectivity index (χ1) is 9.16. The van der Waals surface area contributed by atoms with E-state index >= 15 is 0 Å². The first kappa shape index (κ1) is 13.8. The normalized spacial score (nSPS) is 11.2. The van der Waals surface area contributed by atoms with Crippen molar-refractivity contribution in [2.75, 3.05) is 6.54 Å². The summed E-state index contributed by atoms with van der Waals surface area (Å²) in [7, 11) is 0. The van der Waals surface area contributed by atoms with Crippen LogP contribution in [0.25, 0.3) is 0 Å². The molecule has 0 fully saturated rings. The van der Waals surface area contributed by atoms with Crippen molar-refractivity contribution >= 4 is 0 Å². The van der Waals surface area contributed by atoms with Crippen molar-refractivity contribution in [2.45, 2.75) is 33.9 Å². The summed E-state index contributed by atoms with van der Waals surface area (Å²) in [5, 5.41) is 3.44. The quantitative estimate of drug-likeness (QED) is 0.862. The van der Waals surface area contributed by atoms with Crippen LogP contribution in [0.3, 0.4) is 0 Å². The van der Waals surface area contributed by atoms with Crippen LogP contribution in [0, 0.1) is 12.8 Å². The number of nitrogens with one attached hydrogen (secondary N) is 1. The summed E-state index contributed by atoms with van der Waals surface area (Å²) in [6, 6.07) is 8.51. The molecule has 19 heavy (non-hydrogen) atoms. The van der Waals surface area contributed by atoms with Gasteiger partial charge in [0.2, 0.25) is 0 Å². The highest BCUT2D eigenvalue weighted by Crippen LogP contribution is 2.10. The maximum absolute atomic E-state index is 4.44. The van der Waals surface area contributed by atoms with Crippen LogP contribution < -0.4 is 5.32 Å². The third-order valence-electron chi connectivity index (χ3n) is 3.24. The van der Waals surface area contributed by atoms with E-state index in [1.54, 1.807) is 0 Å². The number of rotatable bonds is 6. The molecule has 0 aliphatic rings. The predicted molar refractivity (Wildman–Crippen MR) is 79.1 cm³/mol. The highest BCUT2D eigenvalue weighted by atomic mass is 15.1. The topological polar surface area (TPSA) is 29.9 Å². The molecule has 3 heteroatoms. The van der Waals surface area contributed by atoms with Gasteiger partial charge in [0.15, 0.2) is 0 Å². The van der Waals surface area contributed by atoms with Crippen molar-refractivity contribution in [1.29, 1.82) is 0 Å². The molecule has 102 valence electrons. The van der Waals surface area contributed by atoms with Gasteiger partial charge < -0.3 is 9.88 Å². The van der Waals surface area contributed by atoms with Crippen LogP contribution in [0.15, 0.2) is 36.7 Å². The number of imidazole rings is 1. The van der Waals surface area contributed by atoms with Crippen molar-refractivity contribution in [2.24, 2.45) is 5.92 Å². The molecule has 0 amide bonds. The van der Waals surface area contributed by atoms with E-state index < -0.39 is 0 Å². The zero-order valence-corrected chi connectivity index (χ0v) is 12.1. The van der Waals surface area contributed by atoms with E-state index in [0.29, 0.717) is 5.92 Å². The van der Waals surface area contributed by atoms with Crippen LogP contribution in [0.5, 0.6) is 0 Å². The Balaban J connectivity index is 2.01. The molecule has 0 spiro atoms. The predicted octanol–water partition coefficient (Wildman–Crippen LogP) is 2.99. The standard InChI is InChI=1S/C16H23N3/c1-13(2)10-17-11-16-18-8-9-19(16)12-15-7-5-4-6-14(15)3/h4-9,13,17H,10-12H2,1-3H3. The van der Waals surface area contributed by atoms with Gasteiger partial charge in [-0.3, -0.25) is 0 Å². The summed E-state index contributed by atoms with van der Waals surface area (Å²) < 4.78 is 2.22. The molecule has 3 nitrogen and oxygen atoms in total. The van der Waals surface area contributed by atoms with Gasteiger partial charge in [0.05, 0.1) is 6.54 Å². The zero-order valence-electron chi connectivity index (χ0n) is 12.1. The van der Waals surface area contributed by atoms with Crippen molar-refractivity contribution in [3.05, 3.63) is 53.6 Å². The molecule has 0 radical (unpaired) electrons. The van der Waals surface area contributed by atoms with Gasteiger partial charge in [-0.25, -0.2) is 4.98 Å². The largest absolute Gasteiger partial charge is 0.329 e. The van der Waals surface area contributed by atoms with Crippen molar-refractivity contribution < 1.29 is 0 Å². The lowest BCUT2D eigenvalue weighted by molar-refractivity contribution is 0.533. The van der Waals surface area contributed by atoms with E-state index in [4.69, 9.17) is 0 Å². The summed E-state index contributed by atoms with van der Waals surface area (Å²) in [4.78, 5) is 4.44. The average molecular weight is 257 g/mol. The molecule has 2 aromatic rings. The summed E-state index contributed by atoms with van der Waals surface area (Å²) in [5.41, 5.74) is 2.68. The van der Waals surface area contributed by atoms with Gasteiger partial charge in [-0.05, 0) is 30.5 Å². The third-order valence-corrected chi connectivity index (χ3v) is 3.24. The molecule has 0 saturated heterocycles. The van der Waals surface area contributed by atoms with Gasteiger partial charge in [0.25, 0.3) is 0 Å². The third kappa shape index (κ3) is 3.93. The number of benzene rings is 1. The van der Waals surface area contributed by atoms with E-state index in [0.717, 1.165) is 25.5 Å². The number of hydrogen-bond acceptors (Lipinski definition) is 2. The first-order valence-corrected chi connectivity index (χ1v) is 6.92. The molecule has 1 N–H and O–H groups in total. The second-order valence-corrected chi connectivity index (χ2v) is 5.42. The number of aromatic nitrogens is 2. The molecule has 2 rings (SSSR count). The Morgan fingerprint density at radius 2 is 2.05 bits per heavy atom. The van der Waals surface area contributed by atoms with Gasteiger partial charge in [-0.2, -0.15) is 0 Å². The summed E-state index contributed by atoms with van der Waals surface area (Å²) in [6.45, 7) is 9.34. The van der Waals surface area contributed by atoms with E-state index in [2.05, 4.69) is 66.1 Å². The lowest BCUT2D eigenvalue weighted by Crippen LogP contribution is -2.21. The Labute approximate surface area is 115 Å². The molecular weight excluding hydrogens is 234 g/mol. The van der Waals surface area contributed by atoms with E-state index in [-0.39, 0.29) is 0 Å². The Kier molecular flexibility index (Phi) is 4.74. The smallest absolute Gasteiger partial charge is 0.122 e. The molecule has 0 unspecified atom stereocenters. The monoisotopic (exact) mass is 257 g/mol. The van der Waals surface area contributed by atoms with Crippen molar-refractivity contribution in [3.8, 4) is 0 Å². The Bertz CT molecular complexity index is 514. The molecule has 0 saturated carbocycles. The minimum absolute atomic E-state index is 0.666. The average Bonchev–Trinajstić information content (AvgIpc) is 2.79. The molecule has 1 aromatic carbocycles. The maximum Gasteiger partial charge on any atom is 0.122 e. The van der Waals surface area contributed by atoms with Gasteiger partial charge in [0, 0.05) is 18.9 Å². The van der Waals surface area contributed by atoms with Crippen LogP contribution in [-0.2, 0) is 13.1 Å². The highest BCUT2D eigenvalue weighted by molar-refractivity contribution is 5.26. The Hall–Kier alpha value is -1.61. The summed E-state index contributed by atoms with van der Waals surface area (Å²) in [6.07, 6.45) is 3.93. The number of nitrogens with zero attached hydrogens (tertiary/aromatic N) is 2. The highest BCUT2D eigenvalue weighted by Gasteiger charge is 2.05. The first-order valence-electron chi connectivity index (χ1n) is 6.92. The van der Waals surface area contributed by atoms with Crippen LogP contribution in [-0.4, -0.2) is 16.1 Å². The van der Waals surface area contributed by atoms with Crippen LogP contribution >= 0.6 is 0 Å². The molecule has 1 aromatic heterocycles. The molecule has 0 atom stereocenters. The molecule has 0 bridgehead atoms. The number of aryl methyl sites for hydroxylation is 1. The van der Waals surface area contributed by atoms with E-state index in [1.165, 1.54) is 11.1 Å². The van der Waals surface area contributed by atoms with Gasteiger partial charge >= 0.3 is 0 Å². The second kappa shape index (κ2) is 6.53. The SMILES string of the molecule is Cc1ccccc1Cn1ccnc1CNCC(C)C. The molecule has 0 aliphatic carbocycles. The number of hydrogen-bond donors (Lipinski definition) is 1. The lowest BCUT2D eigenvalue weighted by Gasteiger charge is -2.11. The summed E-state index contributed by atoms with van der Waals surface area (Å²) >= 11 is 0. The van der Waals surface area contributed by atoms with Crippen LogP contribution in [0.2, 0.25) is 0 Å². The maximum atomic E-state index is 4.44. The van der Waals surface area contributed by atoms with Gasteiger partial charge in [-0.15, -0.1) is 0 Å². The van der Waals surface area contributed by atoms with Crippen molar-refractivity contribution in [3.63, 3.8) is 0 Å². The van der Waals surface area contributed by atoms with E-state index in [1.807, 2.05) is 6.20 Å². The molecular formula is C16H23N3. The van der Waals surface area contributed by atoms with Gasteiger partial charge in [0.1, 0.15) is 5.82 Å². The summed E-state index contributed by atoms with van der Waals surface area (Å²) in [5.74, 6) is 1.77. The Morgan fingerprint density at radius 3 is 2.79 bits per heavy atom. The molecule has 1 heterocycles. The fourth-order valence-corrected chi connectivity index (χ4v) is 2.09. The zero-order chi connectivity index (χ0) is 13.7. The fourth-order valence-electron chi connectivity index (χ4n) is 2.09. The minimum Gasteiger partial charge on any atom is -0.329 e. The lowest BCUT2D eigenvalue weighted by atomic mass is 10.1. The van der Waals surface area contributed by atoms with E-state index in [9.17, 15) is 0 Å². The fraction of sp³-hybridized carbons (Fsp3) is 0.438. The minimum atomic E-state index is 0.666.